The summed E-state index contributed by atoms with van der Waals surface area (Å²) in [5.41, 5.74) is 2.94. The Balaban J connectivity index is 1.77. The summed E-state index contributed by atoms with van der Waals surface area (Å²) < 4.78 is 5.62. The average Bonchev–Trinajstić information content (AvgIpc) is 2.79. The molecule has 0 aliphatic rings. The lowest BCUT2D eigenvalue weighted by Gasteiger charge is -2.27. The summed E-state index contributed by atoms with van der Waals surface area (Å²) in [6.07, 6.45) is 3.77. The number of thioether (sulfide) groups is 1. The summed E-state index contributed by atoms with van der Waals surface area (Å²) in [6.45, 7) is 7.81. The lowest BCUT2D eigenvalue weighted by molar-refractivity contribution is 0.0580. The van der Waals surface area contributed by atoms with Gasteiger partial charge in [-0.3, -0.25) is 14.7 Å². The van der Waals surface area contributed by atoms with Crippen LogP contribution in [0.3, 0.4) is 0 Å². The standard InChI is InChI=1S/C26H30N4O3S/c1-18-9-14-22(24(28-18)34-5)23(31)29-20-10-12-21(13-11-20)30(25(32)33-26(2,3)4)17-15-19-8-6-7-16-27-19/h6-14,16H,15,17H2,1-5H3,(H,29,31). The van der Waals surface area contributed by atoms with Crippen molar-refractivity contribution in [2.24, 2.45) is 0 Å². The van der Waals surface area contributed by atoms with Gasteiger partial charge in [-0.2, -0.15) is 0 Å². The van der Waals surface area contributed by atoms with Crippen LogP contribution in [0.2, 0.25) is 0 Å². The third-order valence-corrected chi connectivity index (χ3v) is 5.50. The minimum Gasteiger partial charge on any atom is -0.443 e. The van der Waals surface area contributed by atoms with E-state index in [4.69, 9.17) is 4.74 Å². The monoisotopic (exact) mass is 478 g/mol. The molecule has 0 saturated heterocycles. The van der Waals surface area contributed by atoms with Crippen LogP contribution < -0.4 is 10.2 Å². The quantitative estimate of drug-likeness (QED) is 0.436. The molecule has 1 N–H and O–H groups in total. The number of benzene rings is 1. The molecule has 0 aliphatic heterocycles. The first-order valence-electron chi connectivity index (χ1n) is 11.0. The highest BCUT2D eigenvalue weighted by Gasteiger charge is 2.23. The van der Waals surface area contributed by atoms with Crippen LogP contribution in [-0.2, 0) is 11.2 Å². The summed E-state index contributed by atoms with van der Waals surface area (Å²) in [5, 5.41) is 3.59. The number of anilines is 2. The summed E-state index contributed by atoms with van der Waals surface area (Å²) in [7, 11) is 0. The van der Waals surface area contributed by atoms with Gasteiger partial charge in [0, 0.05) is 41.9 Å². The molecule has 7 nitrogen and oxygen atoms in total. The lowest BCUT2D eigenvalue weighted by atomic mass is 10.2. The molecule has 0 atom stereocenters. The molecule has 0 spiro atoms. The van der Waals surface area contributed by atoms with E-state index < -0.39 is 11.7 Å². The molecule has 1 aromatic carbocycles. The Labute approximate surface area is 205 Å². The predicted octanol–water partition coefficient (Wildman–Crippen LogP) is 5.74. The van der Waals surface area contributed by atoms with E-state index in [0.717, 1.165) is 11.4 Å². The summed E-state index contributed by atoms with van der Waals surface area (Å²) in [4.78, 5) is 36.1. The molecule has 3 rings (SSSR count). The van der Waals surface area contributed by atoms with Crippen LogP contribution in [-0.4, -0.2) is 40.4 Å². The molecule has 2 heterocycles. The predicted molar refractivity (Wildman–Crippen MR) is 137 cm³/mol. The van der Waals surface area contributed by atoms with Crippen LogP contribution >= 0.6 is 11.8 Å². The van der Waals surface area contributed by atoms with Crippen molar-refractivity contribution < 1.29 is 14.3 Å². The van der Waals surface area contributed by atoms with Crippen molar-refractivity contribution in [2.45, 2.75) is 44.7 Å². The largest absolute Gasteiger partial charge is 0.443 e. The lowest BCUT2D eigenvalue weighted by Crippen LogP contribution is -2.38. The first-order valence-corrected chi connectivity index (χ1v) is 12.2. The maximum absolute atomic E-state index is 12.9. The smallest absolute Gasteiger partial charge is 0.414 e. The molecule has 0 saturated carbocycles. The van der Waals surface area contributed by atoms with E-state index in [0.29, 0.717) is 34.9 Å². The molecule has 8 heteroatoms. The minimum atomic E-state index is -0.620. The number of hydrogen-bond acceptors (Lipinski definition) is 6. The van der Waals surface area contributed by atoms with Crippen LogP contribution in [0.5, 0.6) is 0 Å². The molecule has 178 valence electrons. The molecule has 3 aromatic rings. The number of rotatable bonds is 7. The summed E-state index contributed by atoms with van der Waals surface area (Å²) >= 11 is 1.43. The van der Waals surface area contributed by atoms with Gasteiger partial charge >= 0.3 is 6.09 Å². The fourth-order valence-electron chi connectivity index (χ4n) is 3.20. The van der Waals surface area contributed by atoms with E-state index in [1.165, 1.54) is 11.8 Å². The normalized spacial score (nSPS) is 11.1. The fourth-order valence-corrected chi connectivity index (χ4v) is 3.82. The van der Waals surface area contributed by atoms with Gasteiger partial charge in [0.1, 0.15) is 10.6 Å². The zero-order valence-corrected chi connectivity index (χ0v) is 21.0. The number of hydrogen-bond donors (Lipinski definition) is 1. The number of pyridine rings is 2. The maximum atomic E-state index is 12.9. The van der Waals surface area contributed by atoms with Gasteiger partial charge in [-0.25, -0.2) is 9.78 Å². The Morgan fingerprint density at radius 3 is 2.41 bits per heavy atom. The minimum absolute atomic E-state index is 0.233. The second kappa shape index (κ2) is 11.2. The third-order valence-electron chi connectivity index (χ3n) is 4.81. The molecular formula is C26H30N4O3S. The van der Waals surface area contributed by atoms with E-state index in [2.05, 4.69) is 15.3 Å². The Morgan fingerprint density at radius 2 is 1.79 bits per heavy atom. The Bertz CT molecular complexity index is 1130. The Morgan fingerprint density at radius 1 is 1.06 bits per heavy atom. The number of carbonyl (C=O) groups excluding carboxylic acids is 2. The van der Waals surface area contributed by atoms with Crippen LogP contribution in [0.4, 0.5) is 16.2 Å². The van der Waals surface area contributed by atoms with E-state index in [-0.39, 0.29) is 5.91 Å². The molecular weight excluding hydrogens is 448 g/mol. The van der Waals surface area contributed by atoms with Gasteiger partial charge in [0.15, 0.2) is 0 Å². The van der Waals surface area contributed by atoms with Crippen LogP contribution in [0, 0.1) is 6.92 Å². The molecule has 2 aromatic heterocycles. The van der Waals surface area contributed by atoms with Gasteiger partial charge in [-0.1, -0.05) is 6.07 Å². The van der Waals surface area contributed by atoms with Crippen molar-refractivity contribution in [3.63, 3.8) is 0 Å². The van der Waals surface area contributed by atoms with Crippen LogP contribution in [0.1, 0.15) is 42.5 Å². The average molecular weight is 479 g/mol. The second-order valence-corrected chi connectivity index (χ2v) is 9.51. The summed E-state index contributed by atoms with van der Waals surface area (Å²) in [5.74, 6) is -0.233. The highest BCUT2D eigenvalue weighted by molar-refractivity contribution is 7.98. The van der Waals surface area contributed by atoms with E-state index in [1.54, 1.807) is 41.4 Å². The zero-order valence-electron chi connectivity index (χ0n) is 20.2. The van der Waals surface area contributed by atoms with Gasteiger partial charge < -0.3 is 10.1 Å². The molecule has 0 bridgehead atoms. The first-order chi connectivity index (χ1) is 16.2. The highest BCUT2D eigenvalue weighted by Crippen LogP contribution is 2.23. The Kier molecular flexibility index (Phi) is 8.28. The highest BCUT2D eigenvalue weighted by atomic mass is 32.2. The van der Waals surface area contributed by atoms with Crippen molar-refractivity contribution in [1.82, 2.24) is 9.97 Å². The maximum Gasteiger partial charge on any atom is 0.414 e. The number of aryl methyl sites for hydroxylation is 1. The van der Waals surface area contributed by atoms with Crippen molar-refractivity contribution in [3.8, 4) is 0 Å². The number of ether oxygens (including phenoxy) is 1. The molecule has 0 unspecified atom stereocenters. The number of amides is 2. The number of nitrogens with zero attached hydrogens (tertiary/aromatic N) is 3. The van der Waals surface area contributed by atoms with E-state index >= 15 is 0 Å². The third kappa shape index (κ3) is 7.05. The van der Waals surface area contributed by atoms with E-state index in [9.17, 15) is 9.59 Å². The SMILES string of the molecule is CSc1nc(C)ccc1C(=O)Nc1ccc(N(CCc2ccccn2)C(=O)OC(C)(C)C)cc1. The number of nitrogens with one attached hydrogen (secondary N) is 1. The van der Waals surface area contributed by atoms with Gasteiger partial charge in [0.05, 0.1) is 5.56 Å². The molecule has 0 radical (unpaired) electrons. The molecule has 2 amide bonds. The summed E-state index contributed by atoms with van der Waals surface area (Å²) in [6, 6.07) is 16.4. The molecule has 0 aliphatic carbocycles. The molecule has 34 heavy (non-hydrogen) atoms. The van der Waals surface area contributed by atoms with E-state index in [1.807, 2.05) is 58.2 Å². The van der Waals surface area contributed by atoms with Crippen molar-refractivity contribution in [1.29, 1.82) is 0 Å². The van der Waals surface area contributed by atoms with Crippen LogP contribution in [0.15, 0.2) is 65.8 Å². The fraction of sp³-hybridized carbons (Fsp3) is 0.308. The van der Waals surface area contributed by atoms with Gasteiger partial charge in [-0.05, 0) is 82.5 Å². The topological polar surface area (TPSA) is 84.4 Å². The zero-order chi connectivity index (χ0) is 24.7. The van der Waals surface area contributed by atoms with Crippen molar-refractivity contribution in [3.05, 3.63) is 77.7 Å². The van der Waals surface area contributed by atoms with Gasteiger partial charge in [-0.15, -0.1) is 11.8 Å². The number of aromatic nitrogens is 2. The number of carbonyl (C=O) groups is 2. The molecule has 0 fully saturated rings. The van der Waals surface area contributed by atoms with Gasteiger partial charge in [0.25, 0.3) is 5.91 Å². The van der Waals surface area contributed by atoms with Gasteiger partial charge in [0.2, 0.25) is 0 Å². The van der Waals surface area contributed by atoms with Crippen molar-refractivity contribution >= 4 is 35.1 Å². The van der Waals surface area contributed by atoms with Crippen LogP contribution in [0.25, 0.3) is 0 Å². The Hall–Kier alpha value is -3.39. The van der Waals surface area contributed by atoms with Crippen molar-refractivity contribution in [2.75, 3.05) is 23.0 Å². The first kappa shape index (κ1) is 25.2. The second-order valence-electron chi connectivity index (χ2n) is 8.71.